The molecular formula is C20H23BrO3. The van der Waals surface area contributed by atoms with Crippen LogP contribution in [0.1, 0.15) is 37.5 Å². The third-order valence-corrected chi connectivity index (χ3v) is 4.32. The lowest BCUT2D eigenvalue weighted by Gasteiger charge is -2.25. The van der Waals surface area contributed by atoms with Gasteiger partial charge in [0.05, 0.1) is 6.61 Å². The predicted molar refractivity (Wildman–Crippen MR) is 99.7 cm³/mol. The molecule has 0 aliphatic heterocycles. The van der Waals surface area contributed by atoms with Gasteiger partial charge in [0.2, 0.25) is 0 Å². The Bertz CT molecular complexity index is 678. The van der Waals surface area contributed by atoms with Crippen molar-refractivity contribution in [2.75, 3.05) is 6.61 Å². The highest BCUT2D eigenvalue weighted by molar-refractivity contribution is 9.08. The fourth-order valence-corrected chi connectivity index (χ4v) is 2.71. The molecule has 2 rings (SSSR count). The molecule has 0 aliphatic rings. The van der Waals surface area contributed by atoms with Crippen molar-refractivity contribution in [2.24, 2.45) is 0 Å². The summed E-state index contributed by atoms with van der Waals surface area (Å²) in [6.07, 6.45) is 0.748. The van der Waals surface area contributed by atoms with Gasteiger partial charge in [-0.05, 0) is 43.5 Å². The Morgan fingerprint density at radius 3 is 2.29 bits per heavy atom. The lowest BCUT2D eigenvalue weighted by atomic mass is 10.0. The summed E-state index contributed by atoms with van der Waals surface area (Å²) < 4.78 is 11.1. The summed E-state index contributed by atoms with van der Waals surface area (Å²) in [5.74, 6) is 0.349. The Kier molecular flexibility index (Phi) is 6.44. The molecule has 0 aliphatic carbocycles. The molecule has 0 spiro atoms. The Labute approximate surface area is 152 Å². The number of para-hydroxylation sites is 1. The molecule has 2 aromatic carbocycles. The van der Waals surface area contributed by atoms with Gasteiger partial charge in [-0.1, -0.05) is 58.4 Å². The largest absolute Gasteiger partial charge is 0.476 e. The Hall–Kier alpha value is -1.81. The first-order valence-electron chi connectivity index (χ1n) is 8.04. The number of carbonyl (C=O) groups is 1. The van der Waals surface area contributed by atoms with Crippen LogP contribution < -0.4 is 4.74 Å². The number of esters is 1. The van der Waals surface area contributed by atoms with E-state index in [4.69, 9.17) is 9.47 Å². The van der Waals surface area contributed by atoms with Gasteiger partial charge in [-0.2, -0.15) is 0 Å². The van der Waals surface area contributed by atoms with Gasteiger partial charge in [-0.3, -0.25) is 0 Å². The van der Waals surface area contributed by atoms with E-state index in [1.54, 1.807) is 20.8 Å². The molecule has 2 aromatic rings. The average molecular weight is 391 g/mol. The monoisotopic (exact) mass is 390 g/mol. The van der Waals surface area contributed by atoms with Gasteiger partial charge in [-0.25, -0.2) is 4.79 Å². The zero-order valence-electron chi connectivity index (χ0n) is 14.3. The van der Waals surface area contributed by atoms with Gasteiger partial charge >= 0.3 is 5.97 Å². The zero-order chi connectivity index (χ0) is 17.6. The summed E-state index contributed by atoms with van der Waals surface area (Å²) in [7, 11) is 0. The summed E-state index contributed by atoms with van der Waals surface area (Å²) in [5, 5.41) is 0.848. The van der Waals surface area contributed by atoms with Crippen LogP contribution in [0.15, 0.2) is 48.5 Å². The number of ether oxygens (including phenoxy) is 2. The normalized spacial score (nSPS) is 11.2. The fourth-order valence-electron chi connectivity index (χ4n) is 2.34. The van der Waals surface area contributed by atoms with Crippen molar-refractivity contribution in [1.82, 2.24) is 0 Å². The van der Waals surface area contributed by atoms with E-state index in [2.05, 4.69) is 40.2 Å². The molecule has 0 saturated heterocycles. The van der Waals surface area contributed by atoms with Crippen molar-refractivity contribution in [3.8, 4) is 5.75 Å². The maximum absolute atomic E-state index is 12.1. The molecule has 128 valence electrons. The topological polar surface area (TPSA) is 35.5 Å². The summed E-state index contributed by atoms with van der Waals surface area (Å²) in [6.45, 7) is 5.59. The van der Waals surface area contributed by atoms with Crippen LogP contribution in [-0.2, 0) is 21.3 Å². The molecule has 0 fully saturated rings. The van der Waals surface area contributed by atoms with Crippen LogP contribution in [0, 0.1) is 0 Å². The predicted octanol–water partition coefficient (Wildman–Crippen LogP) is 4.89. The lowest BCUT2D eigenvalue weighted by molar-refractivity contribution is -0.158. The van der Waals surface area contributed by atoms with Gasteiger partial charge < -0.3 is 9.47 Å². The zero-order valence-corrected chi connectivity index (χ0v) is 15.9. The number of carbonyl (C=O) groups excluding carboxylic acids is 1. The van der Waals surface area contributed by atoms with Crippen LogP contribution in [0.2, 0.25) is 0 Å². The van der Waals surface area contributed by atoms with Gasteiger partial charge in [0.15, 0.2) is 5.60 Å². The van der Waals surface area contributed by atoms with Crippen molar-refractivity contribution in [3.05, 3.63) is 65.2 Å². The molecule has 0 amide bonds. The van der Waals surface area contributed by atoms with Gasteiger partial charge in [0.1, 0.15) is 5.75 Å². The standard InChI is InChI=1S/C20H23BrO3/c1-4-23-19(22)20(2,3)24-18-8-6-5-7-17(18)13-15-9-11-16(14-21)12-10-15/h5-12H,4,13-14H2,1-3H3. The third kappa shape index (κ3) is 4.84. The van der Waals surface area contributed by atoms with E-state index in [1.165, 1.54) is 11.1 Å². The minimum absolute atomic E-state index is 0.340. The van der Waals surface area contributed by atoms with Crippen LogP contribution in [0.3, 0.4) is 0 Å². The molecule has 0 saturated carbocycles. The summed E-state index contributed by atoms with van der Waals surface area (Å²) in [5.41, 5.74) is 2.46. The first-order chi connectivity index (χ1) is 11.5. The molecule has 3 nitrogen and oxygen atoms in total. The van der Waals surface area contributed by atoms with Crippen LogP contribution in [0.25, 0.3) is 0 Å². The second-order valence-electron chi connectivity index (χ2n) is 6.07. The highest BCUT2D eigenvalue weighted by atomic mass is 79.9. The van der Waals surface area contributed by atoms with Crippen LogP contribution in [0.5, 0.6) is 5.75 Å². The SMILES string of the molecule is CCOC(=O)C(C)(C)Oc1ccccc1Cc1ccc(CBr)cc1. The summed E-state index contributed by atoms with van der Waals surface area (Å²) in [6, 6.07) is 16.2. The summed E-state index contributed by atoms with van der Waals surface area (Å²) >= 11 is 3.46. The van der Waals surface area contributed by atoms with Crippen molar-refractivity contribution >= 4 is 21.9 Å². The molecule has 0 atom stereocenters. The molecule has 0 heterocycles. The maximum Gasteiger partial charge on any atom is 0.349 e. The molecular weight excluding hydrogens is 368 g/mol. The van der Waals surface area contributed by atoms with Crippen molar-refractivity contribution in [3.63, 3.8) is 0 Å². The smallest absolute Gasteiger partial charge is 0.349 e. The summed E-state index contributed by atoms with van der Waals surface area (Å²) in [4.78, 5) is 12.1. The quantitative estimate of drug-likeness (QED) is 0.498. The highest BCUT2D eigenvalue weighted by Gasteiger charge is 2.32. The van der Waals surface area contributed by atoms with Gasteiger partial charge in [-0.15, -0.1) is 0 Å². The minimum Gasteiger partial charge on any atom is -0.476 e. The Balaban J connectivity index is 2.18. The number of alkyl halides is 1. The van der Waals surface area contributed by atoms with E-state index in [0.29, 0.717) is 12.4 Å². The van der Waals surface area contributed by atoms with Crippen molar-refractivity contribution < 1.29 is 14.3 Å². The number of rotatable bonds is 7. The van der Waals surface area contributed by atoms with Crippen molar-refractivity contribution in [2.45, 2.75) is 38.1 Å². The molecule has 0 unspecified atom stereocenters. The van der Waals surface area contributed by atoms with Crippen LogP contribution in [0.4, 0.5) is 0 Å². The second-order valence-corrected chi connectivity index (χ2v) is 6.63. The molecule has 0 N–H and O–H groups in total. The second kappa shape index (κ2) is 8.34. The van der Waals surface area contributed by atoms with E-state index >= 15 is 0 Å². The molecule has 0 radical (unpaired) electrons. The first kappa shape index (κ1) is 18.5. The van der Waals surface area contributed by atoms with Crippen LogP contribution >= 0.6 is 15.9 Å². The number of hydrogen-bond donors (Lipinski definition) is 0. The fraction of sp³-hybridized carbons (Fsp3) is 0.350. The van der Waals surface area contributed by atoms with E-state index in [9.17, 15) is 4.79 Å². The van der Waals surface area contributed by atoms with Crippen molar-refractivity contribution in [1.29, 1.82) is 0 Å². The van der Waals surface area contributed by atoms with Gasteiger partial charge in [0.25, 0.3) is 0 Å². The Morgan fingerprint density at radius 2 is 1.67 bits per heavy atom. The van der Waals surface area contributed by atoms with Crippen LogP contribution in [-0.4, -0.2) is 18.2 Å². The molecule has 0 bridgehead atoms. The number of halogens is 1. The molecule has 4 heteroatoms. The molecule has 24 heavy (non-hydrogen) atoms. The maximum atomic E-state index is 12.1. The minimum atomic E-state index is -1.02. The first-order valence-corrected chi connectivity index (χ1v) is 9.16. The Morgan fingerprint density at radius 1 is 1.04 bits per heavy atom. The highest BCUT2D eigenvalue weighted by Crippen LogP contribution is 2.26. The lowest BCUT2D eigenvalue weighted by Crippen LogP contribution is -2.40. The van der Waals surface area contributed by atoms with E-state index in [1.807, 2.05) is 24.3 Å². The van der Waals surface area contributed by atoms with Gasteiger partial charge in [0, 0.05) is 11.8 Å². The molecule has 0 aromatic heterocycles. The van der Waals surface area contributed by atoms with E-state index in [0.717, 1.165) is 17.3 Å². The number of benzene rings is 2. The van der Waals surface area contributed by atoms with E-state index in [-0.39, 0.29) is 5.97 Å². The third-order valence-electron chi connectivity index (χ3n) is 3.68. The average Bonchev–Trinajstić information content (AvgIpc) is 2.57. The number of hydrogen-bond acceptors (Lipinski definition) is 3. The van der Waals surface area contributed by atoms with E-state index < -0.39 is 5.60 Å².